The van der Waals surface area contributed by atoms with E-state index in [1.165, 1.54) is 11.4 Å². The van der Waals surface area contributed by atoms with Crippen molar-refractivity contribution in [1.82, 2.24) is 9.97 Å². The molecule has 0 atom stereocenters. The van der Waals surface area contributed by atoms with Gasteiger partial charge in [-0.25, -0.2) is 9.97 Å². The molecule has 0 bridgehead atoms. The Morgan fingerprint density at radius 3 is 1.33 bits per heavy atom. The van der Waals surface area contributed by atoms with Crippen LogP contribution in [0.5, 0.6) is 0 Å². The van der Waals surface area contributed by atoms with Crippen LogP contribution in [0.15, 0.2) is 60.9 Å². The summed E-state index contributed by atoms with van der Waals surface area (Å²) in [5, 5.41) is 0. The second kappa shape index (κ2) is 9.40. The van der Waals surface area contributed by atoms with Gasteiger partial charge in [-0.05, 0) is 78.6 Å². The quantitative estimate of drug-likeness (QED) is 0.531. The molecule has 0 fully saturated rings. The van der Waals surface area contributed by atoms with Gasteiger partial charge in [-0.3, -0.25) is 0 Å². The van der Waals surface area contributed by atoms with Crippen LogP contribution in [0.1, 0.15) is 36.4 Å². The van der Waals surface area contributed by atoms with Crippen molar-refractivity contribution in [2.45, 2.75) is 13.8 Å². The minimum atomic E-state index is 0.937. The van der Waals surface area contributed by atoms with E-state index in [0.717, 1.165) is 33.7 Å². The molecule has 0 amide bonds. The van der Waals surface area contributed by atoms with Gasteiger partial charge in [0.15, 0.2) is 0 Å². The van der Waals surface area contributed by atoms with Crippen LogP contribution < -0.4 is 9.80 Å². The molecule has 0 N–H and O–H groups in total. The van der Waals surface area contributed by atoms with Gasteiger partial charge in [0, 0.05) is 39.6 Å². The summed E-state index contributed by atoms with van der Waals surface area (Å²) in [7, 11) is 8.19. The maximum Gasteiger partial charge on any atom is 0.116 e. The summed E-state index contributed by atoms with van der Waals surface area (Å²) in [4.78, 5) is 13.2. The number of hydrogen-bond donors (Lipinski definition) is 0. The molecule has 154 valence electrons. The van der Waals surface area contributed by atoms with E-state index in [4.69, 9.17) is 0 Å². The fourth-order valence-electron chi connectivity index (χ4n) is 3.17. The van der Waals surface area contributed by atoms with E-state index in [1.807, 2.05) is 28.2 Å². The first kappa shape index (κ1) is 21.3. The standard InChI is InChI=1S/C26H30N4/c1-19(15-21-7-11-23(12-8-21)29(3)4)25-17-26(28-18-27-25)20(2)16-22-9-13-24(14-10-22)30(5)6/h7-18H,1-6H3/b19-15+,20-16+. The Balaban J connectivity index is 1.82. The van der Waals surface area contributed by atoms with Crippen molar-refractivity contribution in [3.05, 3.63) is 83.4 Å². The lowest BCUT2D eigenvalue weighted by molar-refractivity contribution is 1.12. The van der Waals surface area contributed by atoms with Gasteiger partial charge in [0.25, 0.3) is 0 Å². The molecular weight excluding hydrogens is 368 g/mol. The van der Waals surface area contributed by atoms with Crippen LogP contribution in [0, 0.1) is 0 Å². The SMILES string of the molecule is C/C(=C\c1ccc(N(C)C)cc1)c1cc(/C(C)=C/c2ccc(N(C)C)cc2)ncn1. The fourth-order valence-corrected chi connectivity index (χ4v) is 3.17. The second-order valence-electron chi connectivity index (χ2n) is 7.92. The Hall–Kier alpha value is -3.40. The van der Waals surface area contributed by atoms with Crippen LogP contribution >= 0.6 is 0 Å². The second-order valence-corrected chi connectivity index (χ2v) is 7.92. The lowest BCUT2D eigenvalue weighted by atomic mass is 10.1. The number of anilines is 2. The zero-order valence-corrected chi connectivity index (χ0v) is 18.7. The molecule has 0 unspecified atom stereocenters. The predicted octanol–water partition coefficient (Wildman–Crippen LogP) is 5.73. The van der Waals surface area contributed by atoms with E-state index in [-0.39, 0.29) is 0 Å². The molecular formula is C26H30N4. The smallest absolute Gasteiger partial charge is 0.116 e. The van der Waals surface area contributed by atoms with E-state index in [9.17, 15) is 0 Å². The molecule has 4 nitrogen and oxygen atoms in total. The largest absolute Gasteiger partial charge is 0.378 e. The third-order valence-electron chi connectivity index (χ3n) is 5.06. The summed E-state index contributed by atoms with van der Waals surface area (Å²) in [6.45, 7) is 4.18. The Morgan fingerprint density at radius 1 is 0.633 bits per heavy atom. The Labute approximate surface area is 180 Å². The van der Waals surface area contributed by atoms with Crippen molar-refractivity contribution >= 4 is 34.7 Å². The van der Waals surface area contributed by atoms with Gasteiger partial charge in [0.05, 0.1) is 11.4 Å². The molecule has 1 aromatic heterocycles. The highest BCUT2D eigenvalue weighted by Gasteiger charge is 2.04. The molecule has 0 aliphatic heterocycles. The normalized spacial score (nSPS) is 12.1. The van der Waals surface area contributed by atoms with Crippen molar-refractivity contribution in [2.24, 2.45) is 0 Å². The first-order valence-electron chi connectivity index (χ1n) is 10.1. The van der Waals surface area contributed by atoms with Gasteiger partial charge in [0.2, 0.25) is 0 Å². The topological polar surface area (TPSA) is 32.3 Å². The van der Waals surface area contributed by atoms with Crippen molar-refractivity contribution in [3.63, 3.8) is 0 Å². The number of hydrogen-bond acceptors (Lipinski definition) is 4. The summed E-state index contributed by atoms with van der Waals surface area (Å²) in [6, 6.07) is 19.1. The van der Waals surface area contributed by atoms with Gasteiger partial charge < -0.3 is 9.80 Å². The average molecular weight is 399 g/mol. The van der Waals surface area contributed by atoms with Crippen LogP contribution in [0.25, 0.3) is 23.3 Å². The van der Waals surface area contributed by atoms with E-state index in [0.29, 0.717) is 0 Å². The van der Waals surface area contributed by atoms with Crippen LogP contribution in [0.4, 0.5) is 11.4 Å². The molecule has 0 saturated carbocycles. The summed E-state index contributed by atoms with van der Waals surface area (Å²) >= 11 is 0. The predicted molar refractivity (Wildman–Crippen MR) is 131 cm³/mol. The van der Waals surface area contributed by atoms with Crippen LogP contribution in [0.3, 0.4) is 0 Å². The maximum absolute atomic E-state index is 4.48. The molecule has 1 heterocycles. The van der Waals surface area contributed by atoms with Gasteiger partial charge >= 0.3 is 0 Å². The lowest BCUT2D eigenvalue weighted by Gasteiger charge is -2.12. The van der Waals surface area contributed by atoms with Gasteiger partial charge in [-0.15, -0.1) is 0 Å². The summed E-state index contributed by atoms with van der Waals surface area (Å²) in [5.74, 6) is 0. The van der Waals surface area contributed by atoms with Gasteiger partial charge in [-0.1, -0.05) is 24.3 Å². The third-order valence-corrected chi connectivity index (χ3v) is 5.06. The minimum Gasteiger partial charge on any atom is -0.378 e. The highest BCUT2D eigenvalue weighted by molar-refractivity contribution is 5.83. The highest BCUT2D eigenvalue weighted by atomic mass is 15.1. The fraction of sp³-hybridized carbons (Fsp3) is 0.231. The Kier molecular flexibility index (Phi) is 6.68. The van der Waals surface area contributed by atoms with Crippen LogP contribution in [-0.4, -0.2) is 38.2 Å². The van der Waals surface area contributed by atoms with E-state index < -0.39 is 0 Å². The molecule has 4 heteroatoms. The summed E-state index contributed by atoms with van der Waals surface area (Å²) < 4.78 is 0. The molecule has 2 aromatic carbocycles. The summed E-state index contributed by atoms with van der Waals surface area (Å²) in [6.07, 6.45) is 5.96. The highest BCUT2D eigenvalue weighted by Crippen LogP contribution is 2.22. The van der Waals surface area contributed by atoms with Crippen molar-refractivity contribution in [3.8, 4) is 0 Å². The molecule has 0 spiro atoms. The van der Waals surface area contributed by atoms with E-state index in [2.05, 4.69) is 100 Å². The number of nitrogens with zero attached hydrogens (tertiary/aromatic N) is 4. The zero-order valence-electron chi connectivity index (χ0n) is 18.7. The summed E-state index contributed by atoms with van der Waals surface area (Å²) in [5.41, 5.74) is 8.79. The zero-order chi connectivity index (χ0) is 21.7. The number of benzene rings is 2. The van der Waals surface area contributed by atoms with Crippen LogP contribution in [-0.2, 0) is 0 Å². The van der Waals surface area contributed by atoms with Crippen molar-refractivity contribution in [1.29, 1.82) is 0 Å². The average Bonchev–Trinajstić information content (AvgIpc) is 2.74. The van der Waals surface area contributed by atoms with Crippen LogP contribution in [0.2, 0.25) is 0 Å². The van der Waals surface area contributed by atoms with Gasteiger partial charge in [0.1, 0.15) is 6.33 Å². The number of rotatable bonds is 6. The Morgan fingerprint density at radius 2 is 1.00 bits per heavy atom. The molecule has 3 aromatic rings. The molecule has 3 rings (SSSR count). The number of aromatic nitrogens is 2. The Bertz CT molecular complexity index is 960. The number of allylic oxidation sites excluding steroid dienone is 2. The van der Waals surface area contributed by atoms with Crippen molar-refractivity contribution < 1.29 is 0 Å². The minimum absolute atomic E-state index is 0.937. The van der Waals surface area contributed by atoms with E-state index >= 15 is 0 Å². The molecule has 0 saturated heterocycles. The first-order chi connectivity index (χ1) is 14.3. The van der Waals surface area contributed by atoms with Gasteiger partial charge in [-0.2, -0.15) is 0 Å². The maximum atomic E-state index is 4.48. The molecule has 0 aliphatic carbocycles. The van der Waals surface area contributed by atoms with Crippen molar-refractivity contribution in [2.75, 3.05) is 38.0 Å². The first-order valence-corrected chi connectivity index (χ1v) is 10.1. The molecule has 30 heavy (non-hydrogen) atoms. The third kappa shape index (κ3) is 5.35. The molecule has 0 radical (unpaired) electrons. The lowest BCUT2D eigenvalue weighted by Crippen LogP contribution is -2.07. The molecule has 0 aliphatic rings. The monoisotopic (exact) mass is 398 g/mol. The van der Waals surface area contributed by atoms with E-state index in [1.54, 1.807) is 6.33 Å².